The third-order valence-corrected chi connectivity index (χ3v) is 2.77. The van der Waals surface area contributed by atoms with Crippen LogP contribution in [0.5, 0.6) is 0 Å². The van der Waals surface area contributed by atoms with Crippen LogP contribution in [0.1, 0.15) is 30.0 Å². The average molecular weight is 179 g/mol. The van der Waals surface area contributed by atoms with Crippen molar-refractivity contribution in [2.24, 2.45) is 0 Å². The summed E-state index contributed by atoms with van der Waals surface area (Å²) in [6.45, 7) is 0. The van der Waals surface area contributed by atoms with E-state index in [9.17, 15) is 4.39 Å². The molecule has 1 aromatic rings. The van der Waals surface area contributed by atoms with Gasteiger partial charge in [0.2, 0.25) is 0 Å². The highest BCUT2D eigenvalue weighted by Crippen LogP contribution is 2.29. The Balaban J connectivity index is 2.40. The van der Waals surface area contributed by atoms with Crippen molar-refractivity contribution < 1.29 is 4.39 Å². The Morgan fingerprint density at radius 2 is 2.31 bits per heavy atom. The molecule has 0 saturated carbocycles. The van der Waals surface area contributed by atoms with Crippen molar-refractivity contribution in [2.45, 2.75) is 25.3 Å². The van der Waals surface area contributed by atoms with Crippen LogP contribution in [-0.2, 0) is 6.42 Å². The molecule has 2 heteroatoms. The molecule has 0 radical (unpaired) electrons. The number of rotatable bonds is 1. The van der Waals surface area contributed by atoms with Crippen molar-refractivity contribution >= 4 is 0 Å². The molecule has 0 fully saturated rings. The van der Waals surface area contributed by atoms with E-state index in [2.05, 4.69) is 5.32 Å². The molecular formula is C11H14FN. The summed E-state index contributed by atoms with van der Waals surface area (Å²) in [6.07, 6.45) is 3.34. The number of nitrogens with one attached hydrogen (secondary N) is 1. The van der Waals surface area contributed by atoms with Crippen molar-refractivity contribution in [3.63, 3.8) is 0 Å². The van der Waals surface area contributed by atoms with Gasteiger partial charge < -0.3 is 5.32 Å². The van der Waals surface area contributed by atoms with E-state index in [0.717, 1.165) is 19.3 Å². The summed E-state index contributed by atoms with van der Waals surface area (Å²) in [6, 6.07) is 5.54. The second-order valence-corrected chi connectivity index (χ2v) is 3.58. The van der Waals surface area contributed by atoms with Gasteiger partial charge in [-0.25, -0.2) is 4.39 Å². The second-order valence-electron chi connectivity index (χ2n) is 3.58. The fourth-order valence-corrected chi connectivity index (χ4v) is 2.08. The van der Waals surface area contributed by atoms with Crippen molar-refractivity contribution in [3.05, 3.63) is 35.1 Å². The Kier molecular flexibility index (Phi) is 2.32. The van der Waals surface area contributed by atoms with Gasteiger partial charge in [-0.05, 0) is 49.6 Å². The maximum absolute atomic E-state index is 12.9. The van der Waals surface area contributed by atoms with Crippen molar-refractivity contribution in [1.82, 2.24) is 5.32 Å². The lowest BCUT2D eigenvalue weighted by atomic mass is 9.88. The maximum Gasteiger partial charge on any atom is 0.123 e. The molecule has 1 unspecified atom stereocenters. The fraction of sp³-hybridized carbons (Fsp3) is 0.455. The SMILES string of the molecule is CNC1CCCc2cc(F)ccc21. The fourth-order valence-electron chi connectivity index (χ4n) is 2.08. The minimum Gasteiger partial charge on any atom is -0.313 e. The topological polar surface area (TPSA) is 12.0 Å². The summed E-state index contributed by atoms with van der Waals surface area (Å²) in [5.41, 5.74) is 2.45. The molecule has 70 valence electrons. The molecule has 0 heterocycles. The highest BCUT2D eigenvalue weighted by atomic mass is 19.1. The lowest BCUT2D eigenvalue weighted by Gasteiger charge is -2.24. The van der Waals surface area contributed by atoms with Gasteiger partial charge in [0, 0.05) is 6.04 Å². The minimum absolute atomic E-state index is 0.115. The molecule has 0 aliphatic heterocycles. The lowest BCUT2D eigenvalue weighted by molar-refractivity contribution is 0.493. The second kappa shape index (κ2) is 3.46. The first-order valence-corrected chi connectivity index (χ1v) is 4.77. The lowest BCUT2D eigenvalue weighted by Crippen LogP contribution is -2.21. The Morgan fingerprint density at radius 1 is 1.46 bits per heavy atom. The highest BCUT2D eigenvalue weighted by molar-refractivity contribution is 5.32. The standard InChI is InChI=1S/C11H14FN/c1-13-11-4-2-3-8-7-9(12)5-6-10(8)11/h5-7,11,13H,2-4H2,1H3. The van der Waals surface area contributed by atoms with E-state index in [1.54, 1.807) is 12.1 Å². The maximum atomic E-state index is 12.9. The van der Waals surface area contributed by atoms with Crippen LogP contribution in [0.2, 0.25) is 0 Å². The summed E-state index contributed by atoms with van der Waals surface area (Å²) < 4.78 is 12.9. The molecule has 13 heavy (non-hydrogen) atoms. The zero-order valence-corrected chi connectivity index (χ0v) is 7.81. The monoisotopic (exact) mass is 179 g/mol. The highest BCUT2D eigenvalue weighted by Gasteiger charge is 2.18. The Morgan fingerprint density at radius 3 is 3.08 bits per heavy atom. The van der Waals surface area contributed by atoms with Gasteiger partial charge in [0.15, 0.2) is 0 Å². The smallest absolute Gasteiger partial charge is 0.123 e. The molecule has 1 aliphatic rings. The van der Waals surface area contributed by atoms with Crippen LogP contribution in [0.25, 0.3) is 0 Å². The number of benzene rings is 1. The van der Waals surface area contributed by atoms with E-state index >= 15 is 0 Å². The Labute approximate surface area is 78.0 Å². The van der Waals surface area contributed by atoms with Gasteiger partial charge in [-0.3, -0.25) is 0 Å². The van der Waals surface area contributed by atoms with Crippen LogP contribution in [0, 0.1) is 5.82 Å². The first-order valence-electron chi connectivity index (χ1n) is 4.77. The van der Waals surface area contributed by atoms with Crippen molar-refractivity contribution in [3.8, 4) is 0 Å². The van der Waals surface area contributed by atoms with E-state index < -0.39 is 0 Å². The van der Waals surface area contributed by atoms with Gasteiger partial charge in [0.1, 0.15) is 5.82 Å². The van der Waals surface area contributed by atoms with Gasteiger partial charge in [-0.15, -0.1) is 0 Å². The third-order valence-electron chi connectivity index (χ3n) is 2.77. The van der Waals surface area contributed by atoms with E-state index in [4.69, 9.17) is 0 Å². The number of aryl methyl sites for hydroxylation is 1. The first kappa shape index (κ1) is 8.70. The van der Waals surface area contributed by atoms with Crippen molar-refractivity contribution in [1.29, 1.82) is 0 Å². The van der Waals surface area contributed by atoms with E-state index in [0.29, 0.717) is 6.04 Å². The quantitative estimate of drug-likeness (QED) is 0.698. The van der Waals surface area contributed by atoms with Gasteiger partial charge in [0.05, 0.1) is 0 Å². The Bertz CT molecular complexity index is 309. The molecule has 0 saturated heterocycles. The normalized spacial score (nSPS) is 21.2. The van der Waals surface area contributed by atoms with Crippen LogP contribution in [0.3, 0.4) is 0 Å². The number of halogens is 1. The van der Waals surface area contributed by atoms with Gasteiger partial charge in [-0.2, -0.15) is 0 Å². The third kappa shape index (κ3) is 1.59. The molecule has 1 atom stereocenters. The molecule has 0 amide bonds. The van der Waals surface area contributed by atoms with Gasteiger partial charge in [-0.1, -0.05) is 6.07 Å². The predicted molar refractivity (Wildman–Crippen MR) is 51.1 cm³/mol. The molecule has 1 N–H and O–H groups in total. The number of hydrogen-bond acceptors (Lipinski definition) is 1. The van der Waals surface area contributed by atoms with Crippen LogP contribution in [-0.4, -0.2) is 7.05 Å². The zero-order chi connectivity index (χ0) is 9.26. The van der Waals surface area contributed by atoms with Crippen LogP contribution < -0.4 is 5.32 Å². The van der Waals surface area contributed by atoms with Gasteiger partial charge >= 0.3 is 0 Å². The minimum atomic E-state index is -0.115. The van der Waals surface area contributed by atoms with Crippen LogP contribution >= 0.6 is 0 Å². The molecule has 0 spiro atoms. The predicted octanol–water partition coefficient (Wildman–Crippen LogP) is 2.42. The molecule has 1 aromatic carbocycles. The Hall–Kier alpha value is -0.890. The molecule has 0 aromatic heterocycles. The van der Waals surface area contributed by atoms with E-state index in [1.807, 2.05) is 13.1 Å². The summed E-state index contributed by atoms with van der Waals surface area (Å²) in [4.78, 5) is 0. The number of fused-ring (bicyclic) bond motifs is 1. The molecule has 1 aliphatic carbocycles. The molecule has 0 bridgehead atoms. The summed E-state index contributed by atoms with van der Waals surface area (Å²) in [5, 5.41) is 3.26. The molecule has 1 nitrogen and oxygen atoms in total. The largest absolute Gasteiger partial charge is 0.313 e. The van der Waals surface area contributed by atoms with Crippen LogP contribution in [0.4, 0.5) is 4.39 Å². The molecule has 2 rings (SSSR count). The summed E-state index contributed by atoms with van der Waals surface area (Å²) in [7, 11) is 1.96. The van der Waals surface area contributed by atoms with Crippen molar-refractivity contribution in [2.75, 3.05) is 7.05 Å². The van der Waals surface area contributed by atoms with E-state index in [-0.39, 0.29) is 5.82 Å². The van der Waals surface area contributed by atoms with Crippen LogP contribution in [0.15, 0.2) is 18.2 Å². The first-order chi connectivity index (χ1) is 6.31. The van der Waals surface area contributed by atoms with E-state index in [1.165, 1.54) is 11.1 Å². The van der Waals surface area contributed by atoms with Gasteiger partial charge in [0.25, 0.3) is 0 Å². The average Bonchev–Trinajstić information content (AvgIpc) is 2.16. The summed E-state index contributed by atoms with van der Waals surface area (Å²) in [5.74, 6) is -0.115. The summed E-state index contributed by atoms with van der Waals surface area (Å²) >= 11 is 0. The zero-order valence-electron chi connectivity index (χ0n) is 7.81. The molecular weight excluding hydrogens is 165 g/mol. The number of hydrogen-bond donors (Lipinski definition) is 1.